The van der Waals surface area contributed by atoms with Crippen LogP contribution < -0.4 is 14.8 Å². The molecule has 0 spiro atoms. The number of rotatable bonds is 12. The number of aryl methyl sites for hydroxylation is 3. The second-order valence-corrected chi connectivity index (χ2v) is 10.5. The summed E-state index contributed by atoms with van der Waals surface area (Å²) in [5.74, 6) is 0.312. The molecule has 0 fully saturated rings. The number of carboxylic acids is 1. The van der Waals surface area contributed by atoms with Gasteiger partial charge in [0.1, 0.15) is 18.1 Å². The van der Waals surface area contributed by atoms with Crippen LogP contribution in [0.15, 0.2) is 54.6 Å². The van der Waals surface area contributed by atoms with Gasteiger partial charge < -0.3 is 19.9 Å². The summed E-state index contributed by atoms with van der Waals surface area (Å²) in [4.78, 5) is 24.9. The second kappa shape index (κ2) is 13.3. The van der Waals surface area contributed by atoms with Crippen molar-refractivity contribution in [2.75, 3.05) is 7.11 Å². The molecular formula is C31H36ClNO5. The number of methoxy groups -OCH3 is 1. The summed E-state index contributed by atoms with van der Waals surface area (Å²) in [6, 6.07) is 16.6. The van der Waals surface area contributed by atoms with E-state index in [2.05, 4.69) is 37.4 Å². The minimum absolute atomic E-state index is 0.0767. The van der Waals surface area contributed by atoms with E-state index in [4.69, 9.17) is 21.1 Å². The van der Waals surface area contributed by atoms with E-state index in [9.17, 15) is 14.7 Å². The van der Waals surface area contributed by atoms with Crippen molar-refractivity contribution in [3.8, 4) is 11.5 Å². The Bertz CT molecular complexity index is 1270. The zero-order chi connectivity index (χ0) is 27.8. The number of carbonyl (C=O) groups excluding carboxylic acids is 1. The number of ether oxygens (including phenoxy) is 2. The molecule has 3 aromatic rings. The molecule has 3 rings (SSSR count). The van der Waals surface area contributed by atoms with Gasteiger partial charge in [0.25, 0.3) is 5.91 Å². The van der Waals surface area contributed by atoms with E-state index in [-0.39, 0.29) is 31.4 Å². The first kappa shape index (κ1) is 29.1. The molecule has 0 aliphatic carbocycles. The second-order valence-electron chi connectivity index (χ2n) is 10.0. The van der Waals surface area contributed by atoms with Crippen LogP contribution >= 0.6 is 11.6 Å². The number of aliphatic carboxylic acids is 1. The van der Waals surface area contributed by atoms with E-state index in [1.165, 1.54) is 0 Å². The molecule has 1 amide bonds. The van der Waals surface area contributed by atoms with E-state index in [1.807, 2.05) is 13.8 Å². The van der Waals surface area contributed by atoms with Crippen molar-refractivity contribution in [1.82, 2.24) is 5.32 Å². The minimum Gasteiger partial charge on any atom is -0.496 e. The quantitative estimate of drug-likeness (QED) is 0.258. The molecular weight excluding hydrogens is 502 g/mol. The number of nitrogens with one attached hydrogen (secondary N) is 1. The van der Waals surface area contributed by atoms with Crippen LogP contribution in [0.4, 0.5) is 0 Å². The highest BCUT2D eigenvalue weighted by Crippen LogP contribution is 2.28. The third kappa shape index (κ3) is 8.25. The Kier molecular flexibility index (Phi) is 10.2. The smallest absolute Gasteiger partial charge is 0.303 e. The predicted molar refractivity (Wildman–Crippen MR) is 150 cm³/mol. The number of hydrogen-bond donors (Lipinski definition) is 2. The van der Waals surface area contributed by atoms with Gasteiger partial charge in [0.15, 0.2) is 0 Å². The Balaban J connectivity index is 1.91. The molecule has 0 aliphatic heterocycles. The van der Waals surface area contributed by atoms with E-state index >= 15 is 0 Å². The van der Waals surface area contributed by atoms with Gasteiger partial charge in [-0.3, -0.25) is 9.59 Å². The largest absolute Gasteiger partial charge is 0.496 e. The van der Waals surface area contributed by atoms with Crippen molar-refractivity contribution in [3.05, 3.63) is 93.0 Å². The minimum atomic E-state index is -0.919. The fourth-order valence-corrected chi connectivity index (χ4v) is 4.73. The number of amides is 1. The summed E-state index contributed by atoms with van der Waals surface area (Å²) >= 11 is 6.15. The van der Waals surface area contributed by atoms with Gasteiger partial charge in [0, 0.05) is 22.6 Å². The summed E-state index contributed by atoms with van der Waals surface area (Å²) in [6.45, 7) is 8.53. The summed E-state index contributed by atoms with van der Waals surface area (Å²) in [6.07, 6.45) is 0.926. The third-order valence-electron chi connectivity index (χ3n) is 6.23. The number of halogens is 1. The Hall–Kier alpha value is -3.51. The molecule has 1 atom stereocenters. The molecule has 2 N–H and O–H groups in total. The Morgan fingerprint density at radius 1 is 0.974 bits per heavy atom. The number of carbonyl (C=O) groups is 2. The van der Waals surface area contributed by atoms with Crippen LogP contribution in [0.3, 0.4) is 0 Å². The lowest BCUT2D eigenvalue weighted by Crippen LogP contribution is -2.30. The normalized spacial score (nSPS) is 11.8. The molecule has 0 aliphatic rings. The van der Waals surface area contributed by atoms with Crippen LogP contribution in [0.2, 0.25) is 5.02 Å². The molecule has 7 heteroatoms. The lowest BCUT2D eigenvalue weighted by molar-refractivity contribution is -0.136. The van der Waals surface area contributed by atoms with Crippen LogP contribution in [0.1, 0.15) is 70.9 Å². The molecule has 0 heterocycles. The lowest BCUT2D eigenvalue weighted by atomic mass is 9.93. The van der Waals surface area contributed by atoms with Crippen molar-refractivity contribution >= 4 is 23.5 Å². The molecule has 0 aromatic heterocycles. The van der Waals surface area contributed by atoms with Gasteiger partial charge in [-0.2, -0.15) is 0 Å². The first-order valence-electron chi connectivity index (χ1n) is 12.7. The maximum Gasteiger partial charge on any atom is 0.303 e. The van der Waals surface area contributed by atoms with E-state index in [0.29, 0.717) is 33.6 Å². The average molecular weight is 538 g/mol. The molecule has 1 unspecified atom stereocenters. The predicted octanol–water partition coefficient (Wildman–Crippen LogP) is 7.08. The zero-order valence-corrected chi connectivity index (χ0v) is 23.4. The highest BCUT2D eigenvalue weighted by Gasteiger charge is 2.21. The van der Waals surface area contributed by atoms with Crippen molar-refractivity contribution in [3.63, 3.8) is 0 Å². The third-order valence-corrected chi connectivity index (χ3v) is 6.46. The maximum absolute atomic E-state index is 13.7. The molecule has 3 aromatic carbocycles. The Morgan fingerprint density at radius 3 is 2.32 bits per heavy atom. The van der Waals surface area contributed by atoms with Crippen molar-refractivity contribution in [1.29, 1.82) is 0 Å². The van der Waals surface area contributed by atoms with Crippen molar-refractivity contribution in [2.45, 2.75) is 59.6 Å². The van der Waals surface area contributed by atoms with Gasteiger partial charge in [-0.05, 0) is 74.1 Å². The lowest BCUT2D eigenvalue weighted by Gasteiger charge is -2.23. The average Bonchev–Trinajstić information content (AvgIpc) is 2.85. The van der Waals surface area contributed by atoms with Crippen LogP contribution in [-0.4, -0.2) is 24.1 Å². The van der Waals surface area contributed by atoms with Crippen molar-refractivity contribution in [2.24, 2.45) is 5.92 Å². The highest BCUT2D eigenvalue weighted by atomic mass is 35.5. The van der Waals surface area contributed by atoms with Gasteiger partial charge in [0.05, 0.1) is 13.2 Å². The molecule has 6 nitrogen and oxygen atoms in total. The molecule has 202 valence electrons. The number of benzene rings is 3. The van der Waals surface area contributed by atoms with Gasteiger partial charge in [0.2, 0.25) is 0 Å². The van der Waals surface area contributed by atoms with E-state index in [0.717, 1.165) is 28.7 Å². The SMILES string of the molecule is COc1ccc(Cl)cc1COc1ccc(CCC(=O)O)c(C(=O)NC(CC(C)C)c2cc(C)cc(C)c2)c1. The standard InChI is InChI=1S/C31H36ClNO5/c1-19(2)12-28(23-14-20(3)13-21(4)15-23)33-31(36)27-17-26(9-6-22(27)7-11-30(34)35)38-18-24-16-25(32)8-10-29(24)37-5/h6,8-10,13-17,19,28H,7,11-12,18H2,1-5H3,(H,33,36)(H,34,35). The first-order chi connectivity index (χ1) is 18.0. The van der Waals surface area contributed by atoms with Crippen LogP contribution in [0.25, 0.3) is 0 Å². The first-order valence-corrected chi connectivity index (χ1v) is 13.1. The molecule has 38 heavy (non-hydrogen) atoms. The van der Waals surface area contributed by atoms with Crippen molar-refractivity contribution < 1.29 is 24.2 Å². The Morgan fingerprint density at radius 2 is 1.68 bits per heavy atom. The summed E-state index contributed by atoms with van der Waals surface area (Å²) in [5, 5.41) is 13.0. The van der Waals surface area contributed by atoms with Crippen LogP contribution in [-0.2, 0) is 17.8 Å². The number of hydrogen-bond acceptors (Lipinski definition) is 4. The highest BCUT2D eigenvalue weighted by molar-refractivity contribution is 6.30. The maximum atomic E-state index is 13.7. The fraction of sp³-hybridized carbons (Fsp3) is 0.355. The summed E-state index contributed by atoms with van der Waals surface area (Å²) in [7, 11) is 1.58. The summed E-state index contributed by atoms with van der Waals surface area (Å²) < 4.78 is 11.4. The number of carboxylic acid groups (broad SMARTS) is 1. The molecule has 0 saturated heterocycles. The molecule has 0 saturated carbocycles. The van der Waals surface area contributed by atoms with Gasteiger partial charge in [-0.15, -0.1) is 0 Å². The van der Waals surface area contributed by atoms with E-state index in [1.54, 1.807) is 43.5 Å². The monoisotopic (exact) mass is 537 g/mol. The van der Waals surface area contributed by atoms with Gasteiger partial charge in [-0.1, -0.05) is 60.8 Å². The Labute approximate surface area is 229 Å². The van der Waals surface area contributed by atoms with Crippen LogP contribution in [0.5, 0.6) is 11.5 Å². The summed E-state index contributed by atoms with van der Waals surface area (Å²) in [5.41, 5.74) is 5.15. The zero-order valence-electron chi connectivity index (χ0n) is 22.6. The fourth-order valence-electron chi connectivity index (χ4n) is 4.53. The molecule has 0 radical (unpaired) electrons. The molecule has 0 bridgehead atoms. The van der Waals surface area contributed by atoms with E-state index < -0.39 is 5.97 Å². The van der Waals surface area contributed by atoms with Gasteiger partial charge in [-0.25, -0.2) is 0 Å². The van der Waals surface area contributed by atoms with Gasteiger partial charge >= 0.3 is 5.97 Å². The van der Waals surface area contributed by atoms with Crippen LogP contribution in [0, 0.1) is 19.8 Å². The topological polar surface area (TPSA) is 84.9 Å².